The number of amides is 2. The van der Waals surface area contributed by atoms with E-state index < -0.39 is 0 Å². The molecule has 2 aliphatic rings. The van der Waals surface area contributed by atoms with Crippen LogP contribution in [-0.4, -0.2) is 75.3 Å². The molecule has 2 saturated heterocycles. The number of nitriles is 1. The molecule has 0 unspecified atom stereocenters. The molecular weight excluding hydrogens is 332 g/mol. The van der Waals surface area contributed by atoms with E-state index in [0.717, 1.165) is 18.9 Å². The Morgan fingerprint density at radius 1 is 1.35 bits per heavy atom. The van der Waals surface area contributed by atoms with Crippen molar-refractivity contribution in [1.82, 2.24) is 24.3 Å². The molecule has 1 aromatic heterocycles. The van der Waals surface area contributed by atoms with Crippen molar-refractivity contribution in [1.29, 1.82) is 5.26 Å². The molecule has 2 amide bonds. The molecule has 140 valence electrons. The highest BCUT2D eigenvalue weighted by atomic mass is 16.2. The summed E-state index contributed by atoms with van der Waals surface area (Å²) in [5.41, 5.74) is 0. The standard InChI is InChI=1S/C18H26N6O2/c1-3-24-15(25)5-4-14(16(24)17-20-7-9-21(17)2)18(26)23-12-10-22(8-6-19)11-13-23/h7,9,14,16H,3-5,8,10-13H2,1-2H3/t14-,16-/m0/s1. The average Bonchev–Trinajstić information content (AvgIpc) is 3.07. The van der Waals surface area contributed by atoms with E-state index >= 15 is 0 Å². The summed E-state index contributed by atoms with van der Waals surface area (Å²) in [7, 11) is 1.90. The molecule has 2 atom stereocenters. The Morgan fingerprint density at radius 3 is 2.65 bits per heavy atom. The molecule has 8 nitrogen and oxygen atoms in total. The van der Waals surface area contributed by atoms with Crippen LogP contribution in [0.5, 0.6) is 0 Å². The second kappa shape index (κ2) is 7.87. The first-order valence-electron chi connectivity index (χ1n) is 9.21. The average molecular weight is 358 g/mol. The van der Waals surface area contributed by atoms with Gasteiger partial charge in [-0.3, -0.25) is 14.5 Å². The first-order chi connectivity index (χ1) is 12.6. The summed E-state index contributed by atoms with van der Waals surface area (Å²) < 4.78 is 1.90. The van der Waals surface area contributed by atoms with Crippen molar-refractivity contribution in [2.75, 3.05) is 39.3 Å². The summed E-state index contributed by atoms with van der Waals surface area (Å²) in [4.78, 5) is 35.9. The second-order valence-electron chi connectivity index (χ2n) is 6.93. The zero-order chi connectivity index (χ0) is 18.7. The predicted octanol–water partition coefficient (Wildman–Crippen LogP) is 0.387. The number of carbonyl (C=O) groups excluding carboxylic acids is 2. The largest absolute Gasteiger partial charge is 0.340 e. The van der Waals surface area contributed by atoms with Crippen LogP contribution in [0.3, 0.4) is 0 Å². The SMILES string of the molecule is CCN1C(=O)CC[C@H](C(=O)N2CCN(CC#N)CC2)[C@H]1c1nccn1C. The molecule has 0 N–H and O–H groups in total. The Morgan fingerprint density at radius 2 is 2.08 bits per heavy atom. The van der Waals surface area contributed by atoms with Gasteiger partial charge in [0.25, 0.3) is 0 Å². The molecule has 0 bridgehead atoms. The van der Waals surface area contributed by atoms with Gasteiger partial charge in [-0.25, -0.2) is 4.98 Å². The molecule has 3 heterocycles. The quantitative estimate of drug-likeness (QED) is 0.727. The Balaban J connectivity index is 1.80. The van der Waals surface area contributed by atoms with Gasteiger partial charge in [0.2, 0.25) is 11.8 Å². The highest BCUT2D eigenvalue weighted by Crippen LogP contribution is 2.37. The molecule has 0 saturated carbocycles. The number of piperidine rings is 1. The van der Waals surface area contributed by atoms with Crippen molar-refractivity contribution in [2.45, 2.75) is 25.8 Å². The Bertz CT molecular complexity index is 701. The summed E-state index contributed by atoms with van der Waals surface area (Å²) >= 11 is 0. The van der Waals surface area contributed by atoms with Gasteiger partial charge >= 0.3 is 0 Å². The van der Waals surface area contributed by atoms with E-state index in [-0.39, 0.29) is 23.8 Å². The first-order valence-corrected chi connectivity index (χ1v) is 9.21. The molecule has 0 aromatic carbocycles. The molecule has 1 aromatic rings. The Labute approximate surface area is 154 Å². The molecule has 26 heavy (non-hydrogen) atoms. The smallest absolute Gasteiger partial charge is 0.228 e. The number of piperazine rings is 1. The van der Waals surface area contributed by atoms with Crippen LogP contribution in [0.4, 0.5) is 0 Å². The van der Waals surface area contributed by atoms with Gasteiger partial charge in [0.15, 0.2) is 0 Å². The molecule has 0 spiro atoms. The number of hydrogen-bond donors (Lipinski definition) is 0. The second-order valence-corrected chi connectivity index (χ2v) is 6.93. The van der Waals surface area contributed by atoms with Crippen LogP contribution < -0.4 is 0 Å². The summed E-state index contributed by atoms with van der Waals surface area (Å²) in [6.07, 6.45) is 4.53. The van der Waals surface area contributed by atoms with Crippen LogP contribution in [0.1, 0.15) is 31.6 Å². The summed E-state index contributed by atoms with van der Waals surface area (Å²) in [5, 5.41) is 8.83. The lowest BCUT2D eigenvalue weighted by Crippen LogP contribution is -2.54. The number of nitrogens with zero attached hydrogens (tertiary/aromatic N) is 6. The van der Waals surface area contributed by atoms with E-state index in [9.17, 15) is 9.59 Å². The van der Waals surface area contributed by atoms with Gasteiger partial charge in [-0.2, -0.15) is 5.26 Å². The topological polar surface area (TPSA) is 85.5 Å². The highest BCUT2D eigenvalue weighted by molar-refractivity contribution is 5.85. The van der Waals surface area contributed by atoms with Gasteiger partial charge in [0.05, 0.1) is 18.5 Å². The summed E-state index contributed by atoms with van der Waals surface area (Å²) in [6, 6.07) is 1.85. The zero-order valence-electron chi connectivity index (χ0n) is 15.5. The third-order valence-corrected chi connectivity index (χ3v) is 5.47. The molecular formula is C18H26N6O2. The van der Waals surface area contributed by atoms with Crippen LogP contribution in [0.2, 0.25) is 0 Å². The first kappa shape index (κ1) is 18.4. The van der Waals surface area contributed by atoms with E-state index in [1.54, 1.807) is 11.1 Å². The number of aromatic nitrogens is 2. The lowest BCUT2D eigenvalue weighted by atomic mass is 9.86. The monoisotopic (exact) mass is 358 g/mol. The number of rotatable bonds is 4. The molecule has 2 fully saturated rings. The number of hydrogen-bond acceptors (Lipinski definition) is 5. The fourth-order valence-electron chi connectivity index (χ4n) is 4.03. The van der Waals surface area contributed by atoms with Gasteiger partial charge in [-0.15, -0.1) is 0 Å². The van der Waals surface area contributed by atoms with E-state index in [0.29, 0.717) is 39.0 Å². The fourth-order valence-corrected chi connectivity index (χ4v) is 4.03. The predicted molar refractivity (Wildman–Crippen MR) is 94.7 cm³/mol. The van der Waals surface area contributed by atoms with Crippen molar-refractivity contribution in [3.8, 4) is 6.07 Å². The van der Waals surface area contributed by atoms with E-state index in [2.05, 4.69) is 16.0 Å². The maximum atomic E-state index is 13.3. The fraction of sp³-hybridized carbons (Fsp3) is 0.667. The van der Waals surface area contributed by atoms with Crippen LogP contribution >= 0.6 is 0 Å². The lowest BCUT2D eigenvalue weighted by Gasteiger charge is -2.42. The van der Waals surface area contributed by atoms with E-state index in [1.165, 1.54) is 0 Å². The van der Waals surface area contributed by atoms with Crippen LogP contribution in [0.25, 0.3) is 0 Å². The summed E-state index contributed by atoms with van der Waals surface area (Å²) in [5.74, 6) is 0.682. The molecule has 0 radical (unpaired) electrons. The lowest BCUT2D eigenvalue weighted by molar-refractivity contribution is -0.149. The van der Waals surface area contributed by atoms with Gasteiger partial charge in [-0.05, 0) is 13.3 Å². The number of carbonyl (C=O) groups is 2. The minimum Gasteiger partial charge on any atom is -0.340 e. The zero-order valence-corrected chi connectivity index (χ0v) is 15.5. The van der Waals surface area contributed by atoms with E-state index in [1.807, 2.05) is 29.6 Å². The van der Waals surface area contributed by atoms with Crippen molar-refractivity contribution in [3.63, 3.8) is 0 Å². The van der Waals surface area contributed by atoms with Crippen LogP contribution in [-0.2, 0) is 16.6 Å². The number of likely N-dealkylation sites (tertiary alicyclic amines) is 1. The van der Waals surface area contributed by atoms with Crippen LogP contribution in [0.15, 0.2) is 12.4 Å². The van der Waals surface area contributed by atoms with Gasteiger partial charge in [-0.1, -0.05) is 0 Å². The van der Waals surface area contributed by atoms with Gasteiger partial charge in [0, 0.05) is 58.6 Å². The third-order valence-electron chi connectivity index (χ3n) is 5.47. The minimum absolute atomic E-state index is 0.0865. The van der Waals surface area contributed by atoms with Gasteiger partial charge < -0.3 is 14.4 Å². The Kier molecular flexibility index (Phi) is 5.57. The molecule has 2 aliphatic heterocycles. The van der Waals surface area contributed by atoms with Crippen LogP contribution in [0, 0.1) is 17.2 Å². The maximum absolute atomic E-state index is 13.3. The van der Waals surface area contributed by atoms with Crippen molar-refractivity contribution >= 4 is 11.8 Å². The summed E-state index contributed by atoms with van der Waals surface area (Å²) in [6.45, 7) is 5.61. The van der Waals surface area contributed by atoms with Crippen molar-refractivity contribution < 1.29 is 9.59 Å². The van der Waals surface area contributed by atoms with E-state index in [4.69, 9.17) is 5.26 Å². The molecule has 8 heteroatoms. The van der Waals surface area contributed by atoms with Gasteiger partial charge in [0.1, 0.15) is 11.9 Å². The third kappa shape index (κ3) is 3.44. The molecule has 0 aliphatic carbocycles. The highest BCUT2D eigenvalue weighted by Gasteiger charge is 2.43. The molecule has 3 rings (SSSR count). The maximum Gasteiger partial charge on any atom is 0.228 e. The number of imidazole rings is 1. The van der Waals surface area contributed by atoms with Crippen molar-refractivity contribution in [2.24, 2.45) is 13.0 Å². The minimum atomic E-state index is -0.314. The Hall–Kier alpha value is -2.40. The van der Waals surface area contributed by atoms with Crippen molar-refractivity contribution in [3.05, 3.63) is 18.2 Å². The number of aryl methyl sites for hydroxylation is 1. The normalized spacial score (nSPS) is 24.6.